The van der Waals surface area contributed by atoms with Gasteiger partial charge in [-0.15, -0.1) is 0 Å². The number of carbonyl (C=O) groups excluding carboxylic acids is 1. The highest BCUT2D eigenvalue weighted by Gasteiger charge is 2.11. The first-order chi connectivity index (χ1) is 12.4. The van der Waals surface area contributed by atoms with Crippen LogP contribution in [0.15, 0.2) is 48.8 Å². The van der Waals surface area contributed by atoms with Crippen LogP contribution in [0.5, 0.6) is 0 Å². The number of nitrogens with zero attached hydrogens (tertiary/aromatic N) is 2. The fourth-order valence-corrected chi connectivity index (χ4v) is 2.62. The van der Waals surface area contributed by atoms with Gasteiger partial charge < -0.3 is 10.6 Å². The Bertz CT molecular complexity index is 955. The zero-order valence-electron chi connectivity index (χ0n) is 14.8. The highest BCUT2D eigenvalue weighted by atomic mass is 35.5. The van der Waals surface area contributed by atoms with Gasteiger partial charge in [-0.2, -0.15) is 0 Å². The molecule has 0 atom stereocenters. The van der Waals surface area contributed by atoms with Crippen LogP contribution < -0.4 is 10.6 Å². The van der Waals surface area contributed by atoms with E-state index in [1.807, 2.05) is 32.9 Å². The quantitative estimate of drug-likeness (QED) is 0.678. The number of rotatable bonds is 4. The molecule has 0 aliphatic carbocycles. The van der Waals surface area contributed by atoms with Crippen LogP contribution in [0, 0.1) is 20.8 Å². The highest BCUT2D eigenvalue weighted by molar-refractivity contribution is 6.31. The van der Waals surface area contributed by atoms with Crippen molar-refractivity contribution < 1.29 is 4.79 Å². The van der Waals surface area contributed by atoms with E-state index in [2.05, 4.69) is 26.7 Å². The molecule has 0 unspecified atom stereocenters. The normalized spacial score (nSPS) is 10.5. The van der Waals surface area contributed by atoms with E-state index < -0.39 is 0 Å². The lowest BCUT2D eigenvalue weighted by atomic mass is 10.1. The number of aromatic nitrogens is 2. The molecule has 2 aromatic carbocycles. The van der Waals surface area contributed by atoms with Gasteiger partial charge in [0.1, 0.15) is 11.5 Å². The van der Waals surface area contributed by atoms with Crippen LogP contribution in [0.3, 0.4) is 0 Å². The van der Waals surface area contributed by atoms with Crippen LogP contribution in [-0.4, -0.2) is 15.9 Å². The number of hydrogen-bond acceptors (Lipinski definition) is 4. The third-order valence-electron chi connectivity index (χ3n) is 4.06. The molecule has 0 saturated carbocycles. The van der Waals surface area contributed by atoms with Gasteiger partial charge in [-0.05, 0) is 55.7 Å². The van der Waals surface area contributed by atoms with Gasteiger partial charge in [0, 0.05) is 16.4 Å². The zero-order valence-corrected chi connectivity index (χ0v) is 15.6. The van der Waals surface area contributed by atoms with Gasteiger partial charge in [-0.25, -0.2) is 9.97 Å². The molecule has 132 valence electrons. The van der Waals surface area contributed by atoms with E-state index >= 15 is 0 Å². The number of amides is 1. The van der Waals surface area contributed by atoms with Crippen molar-refractivity contribution in [2.24, 2.45) is 0 Å². The first kappa shape index (κ1) is 17.9. The molecule has 2 N–H and O–H groups in total. The molecule has 3 rings (SSSR count). The van der Waals surface area contributed by atoms with E-state index in [1.54, 1.807) is 24.4 Å². The Labute approximate surface area is 157 Å². The highest BCUT2D eigenvalue weighted by Crippen LogP contribution is 2.23. The predicted molar refractivity (Wildman–Crippen MR) is 105 cm³/mol. The Kier molecular flexibility index (Phi) is 5.19. The summed E-state index contributed by atoms with van der Waals surface area (Å²) in [5, 5.41) is 6.63. The van der Waals surface area contributed by atoms with Gasteiger partial charge >= 0.3 is 0 Å². The van der Waals surface area contributed by atoms with Gasteiger partial charge in [0.05, 0.1) is 12.4 Å². The summed E-state index contributed by atoms with van der Waals surface area (Å²) in [4.78, 5) is 20.9. The molecule has 6 heteroatoms. The molecular weight excluding hydrogens is 348 g/mol. The first-order valence-electron chi connectivity index (χ1n) is 8.17. The van der Waals surface area contributed by atoms with E-state index in [1.165, 1.54) is 6.20 Å². The molecule has 26 heavy (non-hydrogen) atoms. The Morgan fingerprint density at radius 3 is 2.54 bits per heavy atom. The Balaban J connectivity index is 1.73. The largest absolute Gasteiger partial charge is 0.339 e. The monoisotopic (exact) mass is 366 g/mol. The van der Waals surface area contributed by atoms with Crippen molar-refractivity contribution in [3.63, 3.8) is 0 Å². The molecule has 1 amide bonds. The topological polar surface area (TPSA) is 66.9 Å². The van der Waals surface area contributed by atoms with Crippen molar-refractivity contribution in [2.75, 3.05) is 10.6 Å². The third-order valence-corrected chi connectivity index (χ3v) is 4.47. The number of anilines is 3. The summed E-state index contributed by atoms with van der Waals surface area (Å²) in [5.41, 5.74) is 4.92. The Morgan fingerprint density at radius 2 is 1.81 bits per heavy atom. The maximum absolute atomic E-state index is 12.4. The smallest absolute Gasteiger partial charge is 0.275 e. The molecule has 0 aliphatic heterocycles. The van der Waals surface area contributed by atoms with E-state index in [0.29, 0.717) is 16.5 Å². The van der Waals surface area contributed by atoms with Crippen molar-refractivity contribution in [2.45, 2.75) is 20.8 Å². The van der Waals surface area contributed by atoms with Crippen LogP contribution in [0.4, 0.5) is 17.2 Å². The average molecular weight is 367 g/mol. The molecule has 0 radical (unpaired) electrons. The standard InChI is InChI=1S/C20H19ClN4O/c1-12-7-8-13(2)17(9-12)24-19-11-22-18(10-23-19)20(26)25-16-6-4-5-15(21)14(16)3/h4-11H,1-3H3,(H,23,24)(H,25,26). The fraction of sp³-hybridized carbons (Fsp3) is 0.150. The van der Waals surface area contributed by atoms with Gasteiger partial charge in [0.25, 0.3) is 5.91 Å². The molecule has 1 aromatic heterocycles. The minimum absolute atomic E-state index is 0.232. The molecular formula is C20H19ClN4O. The van der Waals surface area contributed by atoms with Crippen molar-refractivity contribution >= 4 is 34.7 Å². The number of nitrogens with one attached hydrogen (secondary N) is 2. The minimum Gasteiger partial charge on any atom is -0.339 e. The number of benzene rings is 2. The maximum atomic E-state index is 12.4. The number of aryl methyl sites for hydroxylation is 2. The van der Waals surface area contributed by atoms with E-state index in [0.717, 1.165) is 22.4 Å². The fourth-order valence-electron chi connectivity index (χ4n) is 2.45. The summed E-state index contributed by atoms with van der Waals surface area (Å²) in [5.74, 6) is 0.246. The second-order valence-electron chi connectivity index (χ2n) is 6.10. The summed E-state index contributed by atoms with van der Waals surface area (Å²) < 4.78 is 0. The van der Waals surface area contributed by atoms with E-state index in [-0.39, 0.29) is 11.6 Å². The summed E-state index contributed by atoms with van der Waals surface area (Å²) in [7, 11) is 0. The minimum atomic E-state index is -0.332. The molecule has 0 saturated heterocycles. The third kappa shape index (κ3) is 4.00. The predicted octanol–water partition coefficient (Wildman–Crippen LogP) is 5.05. The molecule has 3 aromatic rings. The number of halogens is 1. The second kappa shape index (κ2) is 7.54. The lowest BCUT2D eigenvalue weighted by Crippen LogP contribution is -2.15. The number of hydrogen-bond donors (Lipinski definition) is 2. The van der Waals surface area contributed by atoms with Crippen LogP contribution in [0.2, 0.25) is 5.02 Å². The van der Waals surface area contributed by atoms with E-state index in [4.69, 9.17) is 11.6 Å². The average Bonchev–Trinajstić information content (AvgIpc) is 2.62. The van der Waals surface area contributed by atoms with Crippen molar-refractivity contribution in [3.8, 4) is 0 Å². The lowest BCUT2D eigenvalue weighted by Gasteiger charge is -2.11. The molecule has 0 fully saturated rings. The van der Waals surface area contributed by atoms with Gasteiger partial charge in [0.15, 0.2) is 0 Å². The number of carbonyl (C=O) groups is 1. The molecule has 0 spiro atoms. The summed E-state index contributed by atoms with van der Waals surface area (Å²) in [6, 6.07) is 11.5. The van der Waals surface area contributed by atoms with Crippen molar-refractivity contribution in [3.05, 3.63) is 76.2 Å². The van der Waals surface area contributed by atoms with Crippen LogP contribution in [0.1, 0.15) is 27.2 Å². The van der Waals surface area contributed by atoms with Crippen LogP contribution in [-0.2, 0) is 0 Å². The zero-order chi connectivity index (χ0) is 18.7. The van der Waals surface area contributed by atoms with Gasteiger partial charge in [-0.3, -0.25) is 4.79 Å². The molecule has 1 heterocycles. The summed E-state index contributed by atoms with van der Waals surface area (Å²) in [6.45, 7) is 5.90. The second-order valence-corrected chi connectivity index (χ2v) is 6.50. The molecule has 0 aliphatic rings. The van der Waals surface area contributed by atoms with Crippen molar-refractivity contribution in [1.82, 2.24) is 9.97 Å². The van der Waals surface area contributed by atoms with Crippen LogP contribution >= 0.6 is 11.6 Å². The first-order valence-corrected chi connectivity index (χ1v) is 8.54. The molecule has 5 nitrogen and oxygen atoms in total. The van der Waals surface area contributed by atoms with Gasteiger partial charge in [-0.1, -0.05) is 29.8 Å². The maximum Gasteiger partial charge on any atom is 0.275 e. The van der Waals surface area contributed by atoms with Crippen LogP contribution in [0.25, 0.3) is 0 Å². The summed E-state index contributed by atoms with van der Waals surface area (Å²) in [6.07, 6.45) is 2.99. The Morgan fingerprint density at radius 1 is 1.00 bits per heavy atom. The molecule has 0 bridgehead atoms. The van der Waals surface area contributed by atoms with Crippen molar-refractivity contribution in [1.29, 1.82) is 0 Å². The SMILES string of the molecule is Cc1ccc(C)c(Nc2cnc(C(=O)Nc3cccc(Cl)c3C)cn2)c1. The Hall–Kier alpha value is -2.92. The lowest BCUT2D eigenvalue weighted by molar-refractivity contribution is 0.102. The summed E-state index contributed by atoms with van der Waals surface area (Å²) >= 11 is 6.08. The van der Waals surface area contributed by atoms with E-state index in [9.17, 15) is 4.79 Å². The van der Waals surface area contributed by atoms with Gasteiger partial charge in [0.2, 0.25) is 0 Å².